The number of nitrogen functional groups attached to an aromatic ring is 1. The molecule has 154 valence electrons. The Labute approximate surface area is 181 Å². The molecule has 6 aromatic rings. The van der Waals surface area contributed by atoms with Crippen molar-refractivity contribution in [3.8, 4) is 33.9 Å². The summed E-state index contributed by atoms with van der Waals surface area (Å²) in [6.07, 6.45) is 3.31. The number of aromatic amines is 2. The largest absolute Gasteiger partial charge is 0.397 e. The number of anilines is 1. The van der Waals surface area contributed by atoms with Crippen LogP contribution < -0.4 is 5.73 Å². The maximum absolute atomic E-state index is 13.8. The number of fused-ring (bicyclic) bond motifs is 2. The summed E-state index contributed by atoms with van der Waals surface area (Å²) in [7, 11) is 0. The zero-order chi connectivity index (χ0) is 21.7. The number of halogens is 1. The van der Waals surface area contributed by atoms with Crippen LogP contribution in [-0.2, 0) is 0 Å². The quantitative estimate of drug-likeness (QED) is 0.374. The zero-order valence-corrected chi connectivity index (χ0v) is 16.7. The Kier molecular flexibility index (Phi) is 3.97. The Hall–Kier alpha value is -4.59. The van der Waals surface area contributed by atoms with Crippen molar-refractivity contribution in [2.75, 3.05) is 5.73 Å². The van der Waals surface area contributed by atoms with Crippen LogP contribution in [0.15, 0.2) is 73.1 Å². The van der Waals surface area contributed by atoms with Crippen LogP contribution in [0, 0.1) is 5.82 Å². The van der Waals surface area contributed by atoms with Gasteiger partial charge >= 0.3 is 0 Å². The van der Waals surface area contributed by atoms with Crippen molar-refractivity contribution in [3.63, 3.8) is 0 Å². The van der Waals surface area contributed by atoms with E-state index in [4.69, 9.17) is 15.7 Å². The summed E-state index contributed by atoms with van der Waals surface area (Å²) in [5, 5.41) is 7.46. The molecule has 0 unspecified atom stereocenters. The van der Waals surface area contributed by atoms with E-state index >= 15 is 0 Å². The van der Waals surface area contributed by atoms with E-state index in [0.717, 1.165) is 38.9 Å². The third-order valence-corrected chi connectivity index (χ3v) is 5.34. The van der Waals surface area contributed by atoms with E-state index in [1.807, 2.05) is 42.5 Å². The van der Waals surface area contributed by atoms with E-state index in [1.54, 1.807) is 18.5 Å². The van der Waals surface area contributed by atoms with E-state index in [1.165, 1.54) is 12.1 Å². The molecular weight excluding hydrogens is 405 g/mol. The lowest BCUT2D eigenvalue weighted by Crippen LogP contribution is -1.90. The number of hydrogen-bond acceptors (Lipinski definition) is 5. The van der Waals surface area contributed by atoms with Crippen molar-refractivity contribution >= 4 is 27.8 Å². The number of nitrogens with zero attached hydrogens (tertiary/aromatic N) is 4. The minimum absolute atomic E-state index is 0.290. The molecular formula is C24H16FN7. The van der Waals surface area contributed by atoms with Crippen molar-refractivity contribution in [3.05, 3.63) is 78.9 Å². The molecule has 0 spiro atoms. The second-order valence-corrected chi connectivity index (χ2v) is 7.47. The summed E-state index contributed by atoms with van der Waals surface area (Å²) in [6.45, 7) is 0. The van der Waals surface area contributed by atoms with E-state index in [2.05, 4.69) is 20.2 Å². The number of hydrogen-bond donors (Lipinski definition) is 3. The lowest BCUT2D eigenvalue weighted by atomic mass is 10.0. The molecule has 0 aliphatic heterocycles. The van der Waals surface area contributed by atoms with Crippen LogP contribution >= 0.6 is 0 Å². The molecule has 0 atom stereocenters. The van der Waals surface area contributed by atoms with Gasteiger partial charge in [0.15, 0.2) is 11.5 Å². The number of benzene rings is 2. The first-order valence-electron chi connectivity index (χ1n) is 9.97. The molecule has 2 aromatic carbocycles. The number of aromatic nitrogens is 6. The van der Waals surface area contributed by atoms with Gasteiger partial charge in [0.2, 0.25) is 0 Å². The third kappa shape index (κ3) is 2.97. The van der Waals surface area contributed by atoms with Crippen molar-refractivity contribution in [1.29, 1.82) is 0 Å². The second kappa shape index (κ2) is 6.98. The average Bonchev–Trinajstić information content (AvgIpc) is 3.42. The molecule has 0 aliphatic rings. The highest BCUT2D eigenvalue weighted by molar-refractivity contribution is 5.96. The van der Waals surface area contributed by atoms with Crippen LogP contribution in [0.5, 0.6) is 0 Å². The summed E-state index contributed by atoms with van der Waals surface area (Å²) in [6, 6.07) is 17.9. The number of H-pyrrole nitrogens is 2. The van der Waals surface area contributed by atoms with Gasteiger partial charge in [-0.2, -0.15) is 5.10 Å². The maximum atomic E-state index is 13.8. The number of para-hydroxylation sites is 1. The minimum atomic E-state index is -0.290. The highest BCUT2D eigenvalue weighted by atomic mass is 19.1. The van der Waals surface area contributed by atoms with E-state index in [-0.39, 0.29) is 5.82 Å². The van der Waals surface area contributed by atoms with Gasteiger partial charge in [0, 0.05) is 23.5 Å². The molecule has 0 fully saturated rings. The molecule has 0 saturated carbocycles. The molecule has 0 aliphatic carbocycles. The molecule has 8 heteroatoms. The van der Waals surface area contributed by atoms with Crippen LogP contribution in [-0.4, -0.2) is 30.1 Å². The Bertz CT molecular complexity index is 1620. The fourth-order valence-electron chi connectivity index (χ4n) is 3.86. The number of pyridine rings is 2. The van der Waals surface area contributed by atoms with Gasteiger partial charge in [-0.05, 0) is 42.0 Å². The molecule has 0 amide bonds. The van der Waals surface area contributed by atoms with Crippen molar-refractivity contribution in [2.45, 2.75) is 0 Å². The summed E-state index contributed by atoms with van der Waals surface area (Å²) in [5.41, 5.74) is 13.2. The SMILES string of the molecule is Nc1cncc(-c2ccc3[nH]nc(-c4nc5c(-c6cccc(F)c6)cccc5[nH]4)c3n2)c1. The van der Waals surface area contributed by atoms with Crippen LogP contribution in [0.1, 0.15) is 0 Å². The van der Waals surface area contributed by atoms with Gasteiger partial charge < -0.3 is 10.7 Å². The molecule has 6 rings (SSSR count). The molecule has 4 heterocycles. The average molecular weight is 421 g/mol. The normalized spacial score (nSPS) is 11.4. The smallest absolute Gasteiger partial charge is 0.161 e. The summed E-state index contributed by atoms with van der Waals surface area (Å²) in [4.78, 5) is 17.1. The fraction of sp³-hybridized carbons (Fsp3) is 0. The zero-order valence-electron chi connectivity index (χ0n) is 16.7. The third-order valence-electron chi connectivity index (χ3n) is 5.34. The lowest BCUT2D eigenvalue weighted by Gasteiger charge is -2.02. The van der Waals surface area contributed by atoms with E-state index in [9.17, 15) is 4.39 Å². The van der Waals surface area contributed by atoms with Crippen LogP contribution in [0.4, 0.5) is 10.1 Å². The van der Waals surface area contributed by atoms with Crippen molar-refractivity contribution in [1.82, 2.24) is 30.1 Å². The van der Waals surface area contributed by atoms with E-state index < -0.39 is 0 Å². The van der Waals surface area contributed by atoms with Gasteiger partial charge in [0.05, 0.1) is 27.9 Å². The van der Waals surface area contributed by atoms with Gasteiger partial charge in [-0.1, -0.05) is 24.3 Å². The fourth-order valence-corrected chi connectivity index (χ4v) is 3.86. The topological polar surface area (TPSA) is 109 Å². The van der Waals surface area contributed by atoms with Crippen molar-refractivity contribution in [2.24, 2.45) is 0 Å². The molecule has 0 saturated heterocycles. The van der Waals surface area contributed by atoms with Gasteiger partial charge in [0.1, 0.15) is 11.3 Å². The monoisotopic (exact) mass is 421 g/mol. The standard InChI is InChI=1S/C24H16FN7/c25-15-4-1-3-13(9-15)17-5-2-6-19-21(17)30-24(29-19)23-22-20(31-32-23)8-7-18(28-22)14-10-16(26)12-27-11-14/h1-12H,26H2,(H,29,30)(H,31,32). The Morgan fingerprint density at radius 1 is 0.812 bits per heavy atom. The lowest BCUT2D eigenvalue weighted by molar-refractivity contribution is 0.628. The summed E-state index contributed by atoms with van der Waals surface area (Å²) < 4.78 is 13.8. The summed E-state index contributed by atoms with van der Waals surface area (Å²) >= 11 is 0. The first-order chi connectivity index (χ1) is 15.7. The number of nitrogens with two attached hydrogens (primary N) is 1. The molecule has 7 nitrogen and oxygen atoms in total. The summed E-state index contributed by atoms with van der Waals surface area (Å²) in [5.74, 6) is 0.284. The molecule has 0 radical (unpaired) electrons. The van der Waals surface area contributed by atoms with Crippen LogP contribution in [0.3, 0.4) is 0 Å². The maximum Gasteiger partial charge on any atom is 0.161 e. The van der Waals surface area contributed by atoms with Crippen LogP contribution in [0.2, 0.25) is 0 Å². The number of nitrogens with one attached hydrogen (secondary N) is 2. The van der Waals surface area contributed by atoms with Crippen LogP contribution in [0.25, 0.3) is 56.0 Å². The van der Waals surface area contributed by atoms with Gasteiger partial charge in [-0.3, -0.25) is 10.1 Å². The Balaban J connectivity index is 1.51. The predicted molar refractivity (Wildman–Crippen MR) is 122 cm³/mol. The Morgan fingerprint density at radius 3 is 2.59 bits per heavy atom. The first-order valence-corrected chi connectivity index (χ1v) is 9.97. The highest BCUT2D eigenvalue weighted by Crippen LogP contribution is 2.32. The number of rotatable bonds is 3. The number of imidazole rings is 1. The van der Waals surface area contributed by atoms with E-state index in [0.29, 0.717) is 22.7 Å². The molecule has 4 N–H and O–H groups in total. The first kappa shape index (κ1) is 18.2. The van der Waals surface area contributed by atoms with Gasteiger partial charge in [-0.25, -0.2) is 14.4 Å². The molecule has 0 bridgehead atoms. The molecule has 32 heavy (non-hydrogen) atoms. The van der Waals surface area contributed by atoms with Gasteiger partial charge in [-0.15, -0.1) is 0 Å². The van der Waals surface area contributed by atoms with Crippen molar-refractivity contribution < 1.29 is 4.39 Å². The second-order valence-electron chi connectivity index (χ2n) is 7.47. The Morgan fingerprint density at radius 2 is 1.72 bits per heavy atom. The minimum Gasteiger partial charge on any atom is -0.397 e. The highest BCUT2D eigenvalue weighted by Gasteiger charge is 2.17. The molecule has 4 aromatic heterocycles. The van der Waals surface area contributed by atoms with Gasteiger partial charge in [0.25, 0.3) is 0 Å². The predicted octanol–water partition coefficient (Wildman–Crippen LogP) is 4.95.